The van der Waals surface area contributed by atoms with Gasteiger partial charge in [0.05, 0.1) is 12.6 Å². The second-order valence-electron chi connectivity index (χ2n) is 9.55. The molecule has 0 fully saturated rings. The number of fused-ring (bicyclic) bond motifs is 1. The Hall–Kier alpha value is -3.02. The first-order chi connectivity index (χ1) is 17.4. The molecule has 1 amide bonds. The number of aromatic hydroxyl groups is 1. The number of amides is 1. The summed E-state index contributed by atoms with van der Waals surface area (Å²) in [6, 6.07) is 0.459. The summed E-state index contributed by atoms with van der Waals surface area (Å²) in [5.74, 6) is -6.78. The quantitative estimate of drug-likeness (QED) is 0.562. The molecular weight excluding hydrogens is 517 g/mol. The predicted molar refractivity (Wildman–Crippen MR) is 129 cm³/mol. The third-order valence-corrected chi connectivity index (χ3v) is 8.29. The molecule has 198 valence electrons. The molecule has 6 nitrogen and oxygen atoms in total. The summed E-state index contributed by atoms with van der Waals surface area (Å²) in [5, 5.41) is 12.0. The van der Waals surface area contributed by atoms with Crippen molar-refractivity contribution in [2.24, 2.45) is 5.92 Å². The van der Waals surface area contributed by atoms with E-state index in [1.807, 2.05) is 31.2 Å². The monoisotopic (exact) mass is 541 g/mol. The van der Waals surface area contributed by atoms with Crippen molar-refractivity contribution in [2.75, 3.05) is 24.0 Å². The number of aromatic nitrogens is 1. The van der Waals surface area contributed by atoms with Crippen LogP contribution in [0, 0.1) is 5.92 Å². The van der Waals surface area contributed by atoms with Crippen LogP contribution in [0.15, 0.2) is 63.0 Å². The van der Waals surface area contributed by atoms with Gasteiger partial charge in [0.15, 0.2) is 11.4 Å². The summed E-state index contributed by atoms with van der Waals surface area (Å²) in [4.78, 5) is 26.7. The highest BCUT2D eigenvalue weighted by molar-refractivity contribution is 8.03. The fourth-order valence-corrected chi connectivity index (χ4v) is 6.50. The zero-order valence-corrected chi connectivity index (χ0v) is 20.6. The van der Waals surface area contributed by atoms with E-state index in [1.54, 1.807) is 11.8 Å². The lowest BCUT2D eigenvalue weighted by molar-refractivity contribution is -0.284. The third kappa shape index (κ3) is 4.28. The van der Waals surface area contributed by atoms with Gasteiger partial charge in [-0.1, -0.05) is 31.2 Å². The molecule has 5 rings (SSSR count). The van der Waals surface area contributed by atoms with E-state index in [0.29, 0.717) is 29.9 Å². The predicted octanol–water partition coefficient (Wildman–Crippen LogP) is 4.71. The van der Waals surface area contributed by atoms with E-state index in [0.717, 1.165) is 27.7 Å². The zero-order valence-electron chi connectivity index (χ0n) is 19.8. The van der Waals surface area contributed by atoms with Crippen molar-refractivity contribution in [3.63, 3.8) is 0 Å². The molecule has 12 heteroatoms. The summed E-state index contributed by atoms with van der Waals surface area (Å²) >= 11 is 1.62. The summed E-state index contributed by atoms with van der Waals surface area (Å²) in [5.41, 5.74) is 1.39. The first kappa shape index (κ1) is 25.6. The average Bonchev–Trinajstić information content (AvgIpc) is 3.00. The van der Waals surface area contributed by atoms with Crippen molar-refractivity contribution in [3.8, 4) is 5.75 Å². The second-order valence-corrected chi connectivity index (χ2v) is 10.6. The summed E-state index contributed by atoms with van der Waals surface area (Å²) < 4.78 is 68.9. The first-order valence-electron chi connectivity index (χ1n) is 11.8. The molecule has 2 aliphatic carbocycles. The molecule has 0 spiro atoms. The maximum atomic E-state index is 14.2. The van der Waals surface area contributed by atoms with Crippen molar-refractivity contribution in [1.29, 1.82) is 0 Å². The number of allylic oxidation sites excluding steroid dienone is 4. The molecule has 0 bridgehead atoms. The van der Waals surface area contributed by atoms with Crippen molar-refractivity contribution in [2.45, 2.75) is 44.3 Å². The molecule has 3 heterocycles. The van der Waals surface area contributed by atoms with E-state index in [-0.39, 0.29) is 5.92 Å². The Morgan fingerprint density at radius 1 is 1.14 bits per heavy atom. The van der Waals surface area contributed by atoms with Gasteiger partial charge in [0.2, 0.25) is 5.43 Å². The van der Waals surface area contributed by atoms with Crippen LogP contribution in [0.4, 0.5) is 22.0 Å². The largest absolute Gasteiger partial charge is 0.502 e. The minimum Gasteiger partial charge on any atom is -0.502 e. The molecule has 0 saturated heterocycles. The molecule has 1 N–H and O–H groups in total. The van der Waals surface area contributed by atoms with Gasteiger partial charge >= 0.3 is 12.1 Å². The van der Waals surface area contributed by atoms with Gasteiger partial charge in [0.1, 0.15) is 6.67 Å². The van der Waals surface area contributed by atoms with Gasteiger partial charge in [-0.3, -0.25) is 19.3 Å². The molecule has 2 aliphatic heterocycles. The van der Waals surface area contributed by atoms with Gasteiger partial charge < -0.3 is 10.0 Å². The van der Waals surface area contributed by atoms with E-state index in [1.165, 1.54) is 15.9 Å². The molecule has 0 radical (unpaired) electrons. The highest BCUT2D eigenvalue weighted by Gasteiger charge is 2.59. The van der Waals surface area contributed by atoms with Gasteiger partial charge in [-0.15, -0.1) is 11.8 Å². The number of hydrogen-bond acceptors (Lipinski definition) is 5. The van der Waals surface area contributed by atoms with Crippen molar-refractivity contribution in [3.05, 3.63) is 74.1 Å². The minimum atomic E-state index is -5.88. The van der Waals surface area contributed by atoms with Crippen LogP contribution in [-0.4, -0.2) is 57.7 Å². The van der Waals surface area contributed by atoms with Crippen LogP contribution in [0.5, 0.6) is 5.75 Å². The average molecular weight is 542 g/mol. The number of pyridine rings is 1. The van der Waals surface area contributed by atoms with E-state index in [2.05, 4.69) is 0 Å². The number of thioether (sulfide) groups is 1. The maximum absolute atomic E-state index is 14.2. The lowest BCUT2D eigenvalue weighted by Crippen LogP contribution is -2.62. The number of halogens is 5. The Labute approximate surface area is 213 Å². The Kier molecular flexibility index (Phi) is 6.28. The molecule has 4 aliphatic rings. The summed E-state index contributed by atoms with van der Waals surface area (Å²) in [6.45, 7) is -0.513. The standard InChI is InChI=1S/C25H24F5N3O3S/c1-14-5-4-6-15-11-37-18-8-3-2-7-16(18)20(19(14)15)33-13-31(12-24(26,27)25(28,29)30)23(36)21-22(35)17(34)9-10-32(21)33/h3-4,6,8-10,14,20,35H,2,5,7,11-13H2,1H3. The highest BCUT2D eigenvalue weighted by Crippen LogP contribution is 2.45. The molecule has 2 unspecified atom stereocenters. The molecule has 1 aromatic rings. The van der Waals surface area contributed by atoms with Crippen LogP contribution < -0.4 is 10.4 Å². The van der Waals surface area contributed by atoms with E-state index in [9.17, 15) is 36.6 Å². The van der Waals surface area contributed by atoms with Crippen LogP contribution in [-0.2, 0) is 0 Å². The Morgan fingerprint density at radius 3 is 2.62 bits per heavy atom. The number of nitrogens with zero attached hydrogens (tertiary/aromatic N) is 3. The van der Waals surface area contributed by atoms with Gasteiger partial charge in [-0.05, 0) is 41.9 Å². The fraction of sp³-hybridized carbons (Fsp3) is 0.440. The number of alkyl halides is 5. The van der Waals surface area contributed by atoms with E-state index >= 15 is 0 Å². The fourth-order valence-electron chi connectivity index (χ4n) is 5.33. The van der Waals surface area contributed by atoms with Crippen molar-refractivity contribution < 1.29 is 31.9 Å². The normalized spacial score (nSPS) is 24.2. The Morgan fingerprint density at radius 2 is 1.89 bits per heavy atom. The third-order valence-electron chi connectivity index (χ3n) is 7.12. The lowest BCUT2D eigenvalue weighted by atomic mass is 9.79. The molecule has 0 aromatic carbocycles. The Bertz CT molecular complexity index is 1330. The number of carbonyl (C=O) groups is 1. The minimum absolute atomic E-state index is 0.0301. The molecular formula is C25H24F5N3O3S. The van der Waals surface area contributed by atoms with Crippen molar-refractivity contribution >= 4 is 17.7 Å². The topological polar surface area (TPSA) is 65.8 Å². The summed E-state index contributed by atoms with van der Waals surface area (Å²) in [6.07, 6.45) is 5.50. The van der Waals surface area contributed by atoms with Crippen LogP contribution in [0.3, 0.4) is 0 Å². The maximum Gasteiger partial charge on any atom is 0.455 e. The van der Waals surface area contributed by atoms with Gasteiger partial charge in [0.25, 0.3) is 5.91 Å². The van der Waals surface area contributed by atoms with Crippen LogP contribution in [0.2, 0.25) is 0 Å². The van der Waals surface area contributed by atoms with Crippen LogP contribution >= 0.6 is 11.8 Å². The number of carbonyl (C=O) groups excluding carboxylic acids is 1. The lowest BCUT2D eigenvalue weighted by Gasteiger charge is -2.47. The first-order valence-corrected chi connectivity index (χ1v) is 12.8. The van der Waals surface area contributed by atoms with Crippen LogP contribution in [0.25, 0.3) is 0 Å². The highest BCUT2D eigenvalue weighted by atomic mass is 32.2. The zero-order chi connectivity index (χ0) is 26.7. The van der Waals surface area contributed by atoms with Gasteiger partial charge in [-0.2, -0.15) is 22.0 Å². The summed E-state index contributed by atoms with van der Waals surface area (Å²) in [7, 11) is 0. The van der Waals surface area contributed by atoms with E-state index in [4.69, 9.17) is 0 Å². The smallest absolute Gasteiger partial charge is 0.455 e. The molecule has 2 atom stereocenters. The Balaban J connectivity index is 1.71. The molecule has 37 heavy (non-hydrogen) atoms. The molecule has 0 saturated carbocycles. The van der Waals surface area contributed by atoms with Gasteiger partial charge in [0, 0.05) is 22.9 Å². The van der Waals surface area contributed by atoms with Crippen molar-refractivity contribution in [1.82, 2.24) is 9.58 Å². The SMILES string of the molecule is CC1CC=CC2=C1C(N1CN(CC(F)(F)C(F)(F)F)C(=O)c3c(O)c(=O)ccn31)C1=C(C=CCC1)SC2. The number of rotatable bonds is 3. The molecule has 1 aromatic heterocycles. The second kappa shape index (κ2) is 9.07. The van der Waals surface area contributed by atoms with Gasteiger partial charge in [-0.25, -0.2) is 0 Å². The number of hydrogen-bond donors (Lipinski definition) is 1. The van der Waals surface area contributed by atoms with Crippen LogP contribution in [0.1, 0.15) is 36.7 Å². The van der Waals surface area contributed by atoms with E-state index < -0.39 is 54.1 Å².